The van der Waals surface area contributed by atoms with Crippen molar-refractivity contribution in [2.45, 2.75) is 32.6 Å². The van der Waals surface area contributed by atoms with E-state index in [-0.39, 0.29) is 17.7 Å². The predicted octanol–water partition coefficient (Wildman–Crippen LogP) is 3.16. The molecule has 8 nitrogen and oxygen atoms in total. The van der Waals surface area contributed by atoms with Gasteiger partial charge in [-0.2, -0.15) is 21.3 Å². The standard InChI is InChI=1S/C25H38N4O4S2/c1-21(2)19-29(34(30,31)20-23-9-7-6-8-10-23)22(3)24-11-13-25(14-12-24)27-15-17-28(18-16-27)35(32,33)26(4)5/h6-14,21-22H,15-20H2,1-5H3. The molecule has 1 aliphatic rings. The molecule has 0 aliphatic carbocycles. The summed E-state index contributed by atoms with van der Waals surface area (Å²) in [6.07, 6.45) is 0. The summed E-state index contributed by atoms with van der Waals surface area (Å²) in [5.41, 5.74) is 2.71. The summed E-state index contributed by atoms with van der Waals surface area (Å²) < 4.78 is 55.9. The van der Waals surface area contributed by atoms with Gasteiger partial charge >= 0.3 is 0 Å². The van der Waals surface area contributed by atoms with E-state index in [2.05, 4.69) is 4.90 Å². The predicted molar refractivity (Wildman–Crippen MR) is 142 cm³/mol. The van der Waals surface area contributed by atoms with Gasteiger partial charge in [-0.15, -0.1) is 0 Å². The van der Waals surface area contributed by atoms with Crippen LogP contribution in [0.3, 0.4) is 0 Å². The maximum absolute atomic E-state index is 13.4. The molecule has 1 aliphatic heterocycles. The second-order valence-corrected chi connectivity index (χ2v) is 13.7. The lowest BCUT2D eigenvalue weighted by molar-refractivity contribution is 0.308. The Balaban J connectivity index is 1.73. The molecule has 2 aromatic carbocycles. The Kier molecular flexibility index (Phi) is 8.98. The molecule has 0 N–H and O–H groups in total. The van der Waals surface area contributed by atoms with E-state index < -0.39 is 20.2 Å². The molecule has 0 spiro atoms. The second-order valence-electron chi connectivity index (χ2n) is 9.65. The summed E-state index contributed by atoms with van der Waals surface area (Å²) >= 11 is 0. The number of anilines is 1. The maximum atomic E-state index is 13.4. The van der Waals surface area contributed by atoms with Crippen LogP contribution in [-0.4, -0.2) is 76.6 Å². The van der Waals surface area contributed by atoms with Crippen LogP contribution in [0.5, 0.6) is 0 Å². The Morgan fingerprint density at radius 1 is 0.829 bits per heavy atom. The molecule has 0 aromatic heterocycles. The molecule has 3 rings (SSSR count). The fourth-order valence-corrected chi connectivity index (χ4v) is 7.27. The third kappa shape index (κ3) is 6.83. The van der Waals surface area contributed by atoms with Crippen molar-refractivity contribution in [2.24, 2.45) is 5.92 Å². The number of hydrogen-bond donors (Lipinski definition) is 0. The van der Waals surface area contributed by atoms with E-state index in [4.69, 9.17) is 0 Å². The first kappa shape index (κ1) is 27.6. The minimum Gasteiger partial charge on any atom is -0.369 e. The molecule has 1 atom stereocenters. The molecule has 1 fully saturated rings. The van der Waals surface area contributed by atoms with Crippen molar-refractivity contribution in [3.05, 3.63) is 65.7 Å². The van der Waals surface area contributed by atoms with Gasteiger partial charge in [-0.1, -0.05) is 56.3 Å². The van der Waals surface area contributed by atoms with Gasteiger partial charge in [0.25, 0.3) is 10.2 Å². The first-order chi connectivity index (χ1) is 16.4. The first-order valence-corrected chi connectivity index (χ1v) is 15.0. The van der Waals surface area contributed by atoms with Crippen LogP contribution >= 0.6 is 0 Å². The van der Waals surface area contributed by atoms with E-state index in [1.165, 1.54) is 8.61 Å². The lowest BCUT2D eigenvalue weighted by Crippen LogP contribution is -2.51. The number of benzene rings is 2. The highest BCUT2D eigenvalue weighted by Gasteiger charge is 2.30. The minimum absolute atomic E-state index is 0.0247. The van der Waals surface area contributed by atoms with Crippen molar-refractivity contribution in [1.29, 1.82) is 0 Å². The van der Waals surface area contributed by atoms with Crippen LogP contribution in [0.4, 0.5) is 5.69 Å². The van der Waals surface area contributed by atoms with E-state index in [0.717, 1.165) is 16.8 Å². The van der Waals surface area contributed by atoms with E-state index in [1.807, 2.05) is 75.4 Å². The number of hydrogen-bond acceptors (Lipinski definition) is 5. The largest absolute Gasteiger partial charge is 0.369 e. The summed E-state index contributed by atoms with van der Waals surface area (Å²) in [6.45, 7) is 8.50. The molecule has 1 heterocycles. The van der Waals surface area contributed by atoms with Gasteiger partial charge in [-0.05, 0) is 36.1 Å². The second kappa shape index (κ2) is 11.4. The summed E-state index contributed by atoms with van der Waals surface area (Å²) in [5, 5.41) is 0. The van der Waals surface area contributed by atoms with Gasteiger partial charge < -0.3 is 4.90 Å². The Hall–Kier alpha value is -1.98. The van der Waals surface area contributed by atoms with Crippen LogP contribution in [0, 0.1) is 5.92 Å². The van der Waals surface area contributed by atoms with Gasteiger partial charge in [0.2, 0.25) is 10.0 Å². The average molecular weight is 523 g/mol. The Bertz CT molecular complexity index is 1160. The molecule has 194 valence electrons. The summed E-state index contributed by atoms with van der Waals surface area (Å²) in [7, 11) is -3.83. The number of sulfonamides is 1. The van der Waals surface area contributed by atoms with Crippen molar-refractivity contribution in [3.8, 4) is 0 Å². The fraction of sp³-hybridized carbons (Fsp3) is 0.520. The molecule has 0 saturated carbocycles. The summed E-state index contributed by atoms with van der Waals surface area (Å²) in [5.74, 6) is 0.167. The zero-order valence-electron chi connectivity index (χ0n) is 21.3. The molecule has 2 aromatic rings. The van der Waals surface area contributed by atoms with Crippen molar-refractivity contribution >= 4 is 25.9 Å². The van der Waals surface area contributed by atoms with Crippen LogP contribution in [0.1, 0.15) is 37.9 Å². The van der Waals surface area contributed by atoms with Gasteiger partial charge in [-0.25, -0.2) is 8.42 Å². The quantitative estimate of drug-likeness (QED) is 0.479. The fourth-order valence-electron chi connectivity index (χ4n) is 4.28. The monoisotopic (exact) mass is 522 g/mol. The van der Waals surface area contributed by atoms with Gasteiger partial charge in [0.15, 0.2) is 0 Å². The molecule has 0 radical (unpaired) electrons. The van der Waals surface area contributed by atoms with Gasteiger partial charge in [0.1, 0.15) is 0 Å². The van der Waals surface area contributed by atoms with Crippen LogP contribution in [-0.2, 0) is 26.0 Å². The normalized spacial score (nSPS) is 16.9. The highest BCUT2D eigenvalue weighted by atomic mass is 32.2. The third-order valence-corrected chi connectivity index (χ3v) is 10.1. The molecule has 10 heteroatoms. The molecule has 0 bridgehead atoms. The van der Waals surface area contributed by atoms with E-state index in [1.54, 1.807) is 18.4 Å². The van der Waals surface area contributed by atoms with E-state index in [9.17, 15) is 16.8 Å². The van der Waals surface area contributed by atoms with Crippen LogP contribution < -0.4 is 4.90 Å². The smallest absolute Gasteiger partial charge is 0.281 e. The zero-order chi connectivity index (χ0) is 25.8. The third-order valence-electron chi connectivity index (χ3n) is 6.29. The Morgan fingerprint density at radius 3 is 1.91 bits per heavy atom. The number of rotatable bonds is 10. The minimum atomic E-state index is -3.52. The van der Waals surface area contributed by atoms with Crippen molar-refractivity contribution in [2.75, 3.05) is 51.7 Å². The highest BCUT2D eigenvalue weighted by Crippen LogP contribution is 2.28. The zero-order valence-corrected chi connectivity index (χ0v) is 23.0. The van der Waals surface area contributed by atoms with Gasteiger partial charge in [0.05, 0.1) is 5.75 Å². The van der Waals surface area contributed by atoms with Crippen molar-refractivity contribution in [3.63, 3.8) is 0 Å². The lowest BCUT2D eigenvalue weighted by Gasteiger charge is -2.36. The van der Waals surface area contributed by atoms with Gasteiger partial charge in [-0.3, -0.25) is 0 Å². The molecular formula is C25H38N4O4S2. The number of piperazine rings is 1. The summed E-state index contributed by atoms with van der Waals surface area (Å²) in [4.78, 5) is 2.16. The highest BCUT2D eigenvalue weighted by molar-refractivity contribution is 7.88. The molecule has 1 unspecified atom stereocenters. The van der Waals surface area contributed by atoms with E-state index >= 15 is 0 Å². The SMILES string of the molecule is CC(C)CN(C(C)c1ccc(N2CCN(S(=O)(=O)N(C)C)CC2)cc1)S(=O)(=O)Cc1ccccc1. The van der Waals surface area contributed by atoms with Crippen LogP contribution in [0.15, 0.2) is 54.6 Å². The lowest BCUT2D eigenvalue weighted by atomic mass is 10.1. The first-order valence-electron chi connectivity index (χ1n) is 12.0. The molecular weight excluding hydrogens is 484 g/mol. The topological polar surface area (TPSA) is 81.2 Å². The van der Waals surface area contributed by atoms with Gasteiger partial charge in [0, 0.05) is 58.5 Å². The molecule has 0 amide bonds. The molecule has 1 saturated heterocycles. The maximum Gasteiger partial charge on any atom is 0.281 e. The Labute approximate surface area is 211 Å². The van der Waals surface area contributed by atoms with Crippen molar-refractivity contribution in [1.82, 2.24) is 12.9 Å². The van der Waals surface area contributed by atoms with Crippen molar-refractivity contribution < 1.29 is 16.8 Å². The number of nitrogens with zero attached hydrogens (tertiary/aromatic N) is 4. The van der Waals surface area contributed by atoms with E-state index in [0.29, 0.717) is 32.7 Å². The average Bonchev–Trinajstić information content (AvgIpc) is 2.82. The van der Waals surface area contributed by atoms with Crippen LogP contribution in [0.25, 0.3) is 0 Å². The Morgan fingerprint density at radius 2 is 1.40 bits per heavy atom. The van der Waals surface area contributed by atoms with Crippen LogP contribution in [0.2, 0.25) is 0 Å². The molecule has 35 heavy (non-hydrogen) atoms. The summed E-state index contributed by atoms with van der Waals surface area (Å²) in [6, 6.07) is 16.9.